The Morgan fingerprint density at radius 1 is 1.53 bits per heavy atom. The van der Waals surface area contributed by atoms with Crippen molar-refractivity contribution in [2.24, 2.45) is 0 Å². The molecule has 2 aromatic rings. The van der Waals surface area contributed by atoms with Crippen molar-refractivity contribution in [1.82, 2.24) is 15.0 Å². The third-order valence-corrected chi connectivity index (χ3v) is 3.10. The van der Waals surface area contributed by atoms with Gasteiger partial charge in [0, 0.05) is 13.2 Å². The number of aliphatic hydroxyl groups is 1. The van der Waals surface area contributed by atoms with E-state index in [4.69, 9.17) is 10.2 Å². The predicted molar refractivity (Wildman–Crippen MR) is 62.0 cm³/mol. The molecule has 0 saturated carbocycles. The van der Waals surface area contributed by atoms with Gasteiger partial charge in [-0.15, -0.1) is 16.4 Å². The minimum atomic E-state index is -1.09. The lowest BCUT2D eigenvalue weighted by atomic mass is 10.2. The molecule has 2 heterocycles. The fourth-order valence-corrected chi connectivity index (χ4v) is 2.27. The number of aryl methyl sites for hydroxylation is 1. The van der Waals surface area contributed by atoms with Crippen molar-refractivity contribution in [3.05, 3.63) is 23.2 Å². The fourth-order valence-electron chi connectivity index (χ4n) is 1.49. The first kappa shape index (κ1) is 11.7. The third-order valence-electron chi connectivity index (χ3n) is 2.22. The maximum atomic E-state index is 11.0. The first-order valence-corrected chi connectivity index (χ1v) is 5.93. The number of rotatable bonds is 5. The number of carboxylic acids is 1. The largest absolute Gasteiger partial charge is 0.476 e. The second kappa shape index (κ2) is 5.07. The van der Waals surface area contributed by atoms with Crippen LogP contribution in [0.4, 0.5) is 0 Å². The summed E-state index contributed by atoms with van der Waals surface area (Å²) in [6, 6.07) is 3.67. The Morgan fingerprint density at radius 2 is 2.35 bits per heavy atom. The van der Waals surface area contributed by atoms with Crippen LogP contribution in [0.2, 0.25) is 0 Å². The van der Waals surface area contributed by atoms with E-state index >= 15 is 0 Å². The summed E-state index contributed by atoms with van der Waals surface area (Å²) in [5, 5.41) is 27.2. The first-order chi connectivity index (χ1) is 8.24. The molecule has 0 aliphatic rings. The summed E-state index contributed by atoms with van der Waals surface area (Å²) >= 11 is 1.43. The molecule has 2 N–H and O–H groups in total. The van der Waals surface area contributed by atoms with E-state index in [1.54, 1.807) is 0 Å². The maximum Gasteiger partial charge on any atom is 0.358 e. The summed E-state index contributed by atoms with van der Waals surface area (Å²) in [5.41, 5.74) is 0.450. The average molecular weight is 253 g/mol. The molecule has 0 aliphatic carbocycles. The van der Waals surface area contributed by atoms with E-state index in [9.17, 15) is 4.79 Å². The molecule has 0 aliphatic heterocycles. The molecule has 0 fully saturated rings. The number of aliphatic hydroxyl groups excluding tert-OH is 1. The molecule has 0 spiro atoms. The van der Waals surface area contributed by atoms with Gasteiger partial charge in [0.25, 0.3) is 0 Å². The van der Waals surface area contributed by atoms with Crippen molar-refractivity contribution in [2.75, 3.05) is 6.61 Å². The standard InChI is InChI=1S/C10H11N3O3S/c14-5-2-4-13-9(7-3-1-6-17-7)8(10(15)16)11-12-13/h1,3,6,14H,2,4-5H2,(H,15,16). The molecule has 6 nitrogen and oxygen atoms in total. The van der Waals surface area contributed by atoms with Gasteiger partial charge in [-0.05, 0) is 17.9 Å². The van der Waals surface area contributed by atoms with E-state index in [2.05, 4.69) is 10.3 Å². The highest BCUT2D eigenvalue weighted by Crippen LogP contribution is 2.27. The van der Waals surface area contributed by atoms with Gasteiger partial charge in [-0.1, -0.05) is 11.3 Å². The van der Waals surface area contributed by atoms with E-state index in [0.717, 1.165) is 4.88 Å². The molecule has 0 bridgehead atoms. The highest BCUT2D eigenvalue weighted by molar-refractivity contribution is 7.13. The second-order valence-electron chi connectivity index (χ2n) is 3.37. The van der Waals surface area contributed by atoms with E-state index in [-0.39, 0.29) is 12.3 Å². The molecule has 0 atom stereocenters. The van der Waals surface area contributed by atoms with Gasteiger partial charge in [-0.25, -0.2) is 9.48 Å². The quantitative estimate of drug-likeness (QED) is 0.832. The molecule has 17 heavy (non-hydrogen) atoms. The Morgan fingerprint density at radius 3 is 2.94 bits per heavy atom. The summed E-state index contributed by atoms with van der Waals surface area (Å²) in [6.07, 6.45) is 0.515. The summed E-state index contributed by atoms with van der Waals surface area (Å²) in [7, 11) is 0. The Bertz CT molecular complexity index is 507. The zero-order chi connectivity index (χ0) is 12.3. The van der Waals surface area contributed by atoms with Crippen LogP contribution in [0.25, 0.3) is 10.6 Å². The second-order valence-corrected chi connectivity index (χ2v) is 4.32. The Labute approximate surface area is 101 Å². The predicted octanol–water partition coefficient (Wildman–Crippen LogP) is 1.09. The number of nitrogens with zero attached hydrogens (tertiary/aromatic N) is 3. The topological polar surface area (TPSA) is 88.2 Å². The van der Waals surface area contributed by atoms with Crippen molar-refractivity contribution in [2.45, 2.75) is 13.0 Å². The molecular weight excluding hydrogens is 242 g/mol. The summed E-state index contributed by atoms with van der Waals surface area (Å²) < 4.78 is 1.52. The van der Waals surface area contributed by atoms with Crippen LogP contribution in [0.1, 0.15) is 16.9 Å². The molecule has 0 aromatic carbocycles. The SMILES string of the molecule is O=C(O)c1nnn(CCCO)c1-c1cccs1. The van der Waals surface area contributed by atoms with Gasteiger partial charge >= 0.3 is 5.97 Å². The smallest absolute Gasteiger partial charge is 0.358 e. The van der Waals surface area contributed by atoms with Crippen LogP contribution in [0.15, 0.2) is 17.5 Å². The number of hydrogen-bond acceptors (Lipinski definition) is 5. The fraction of sp³-hybridized carbons (Fsp3) is 0.300. The van der Waals surface area contributed by atoms with Gasteiger partial charge in [0.2, 0.25) is 0 Å². The normalized spacial score (nSPS) is 10.6. The van der Waals surface area contributed by atoms with Gasteiger partial charge in [-0.2, -0.15) is 0 Å². The number of thiophene rings is 1. The molecule has 0 radical (unpaired) electrons. The number of carboxylic acid groups (broad SMARTS) is 1. The average Bonchev–Trinajstić information content (AvgIpc) is 2.94. The lowest BCUT2D eigenvalue weighted by Gasteiger charge is -2.03. The highest BCUT2D eigenvalue weighted by atomic mass is 32.1. The molecular formula is C10H11N3O3S. The lowest BCUT2D eigenvalue weighted by Crippen LogP contribution is -2.05. The first-order valence-electron chi connectivity index (χ1n) is 5.05. The Hall–Kier alpha value is -1.73. The third kappa shape index (κ3) is 2.34. The Kier molecular flexibility index (Phi) is 3.50. The molecule has 90 valence electrons. The molecule has 7 heteroatoms. The van der Waals surface area contributed by atoms with Crippen LogP contribution in [0, 0.1) is 0 Å². The van der Waals surface area contributed by atoms with Crippen molar-refractivity contribution in [3.8, 4) is 10.6 Å². The van der Waals surface area contributed by atoms with Crippen molar-refractivity contribution < 1.29 is 15.0 Å². The van der Waals surface area contributed by atoms with Gasteiger partial charge in [0.05, 0.1) is 4.88 Å². The molecule has 2 rings (SSSR count). The summed E-state index contributed by atoms with van der Waals surface area (Å²) in [4.78, 5) is 11.9. The minimum Gasteiger partial charge on any atom is -0.476 e. The number of carbonyl (C=O) groups is 1. The van der Waals surface area contributed by atoms with Gasteiger partial charge in [0.15, 0.2) is 5.69 Å². The van der Waals surface area contributed by atoms with Crippen LogP contribution in [-0.2, 0) is 6.54 Å². The monoisotopic (exact) mass is 253 g/mol. The van der Waals surface area contributed by atoms with Crippen LogP contribution < -0.4 is 0 Å². The number of aromatic carboxylic acids is 1. The van der Waals surface area contributed by atoms with Gasteiger partial charge in [-0.3, -0.25) is 0 Å². The van der Waals surface area contributed by atoms with Crippen LogP contribution in [-0.4, -0.2) is 37.8 Å². The molecule has 0 amide bonds. The van der Waals surface area contributed by atoms with Crippen molar-refractivity contribution in [3.63, 3.8) is 0 Å². The zero-order valence-corrected chi connectivity index (χ0v) is 9.72. The van der Waals surface area contributed by atoms with Crippen LogP contribution in [0.3, 0.4) is 0 Å². The van der Waals surface area contributed by atoms with Gasteiger partial charge < -0.3 is 10.2 Å². The summed E-state index contributed by atoms with van der Waals surface area (Å²) in [6.45, 7) is 0.482. The molecule has 0 saturated heterocycles. The maximum absolute atomic E-state index is 11.0. The highest BCUT2D eigenvalue weighted by Gasteiger charge is 2.20. The molecule has 0 unspecified atom stereocenters. The minimum absolute atomic E-state index is 0.0339. The number of aromatic nitrogens is 3. The van der Waals surface area contributed by atoms with Gasteiger partial charge in [0.1, 0.15) is 5.69 Å². The van der Waals surface area contributed by atoms with Crippen LogP contribution >= 0.6 is 11.3 Å². The van der Waals surface area contributed by atoms with E-state index in [0.29, 0.717) is 18.7 Å². The van der Waals surface area contributed by atoms with E-state index in [1.165, 1.54) is 16.0 Å². The van der Waals surface area contributed by atoms with Crippen molar-refractivity contribution in [1.29, 1.82) is 0 Å². The number of hydrogen-bond donors (Lipinski definition) is 2. The van der Waals surface area contributed by atoms with E-state index < -0.39 is 5.97 Å². The van der Waals surface area contributed by atoms with E-state index in [1.807, 2.05) is 17.5 Å². The lowest BCUT2D eigenvalue weighted by molar-refractivity contribution is 0.0691. The summed E-state index contributed by atoms with van der Waals surface area (Å²) in [5.74, 6) is -1.09. The van der Waals surface area contributed by atoms with Crippen molar-refractivity contribution >= 4 is 17.3 Å². The van der Waals surface area contributed by atoms with Crippen LogP contribution in [0.5, 0.6) is 0 Å². The Balaban J connectivity index is 2.44. The zero-order valence-electron chi connectivity index (χ0n) is 8.91. The molecule has 2 aromatic heterocycles.